The van der Waals surface area contributed by atoms with Crippen LogP contribution >= 0.6 is 23.4 Å². The Morgan fingerprint density at radius 1 is 1.12 bits per heavy atom. The number of halogens is 1. The molecule has 2 aliphatic rings. The van der Waals surface area contributed by atoms with Gasteiger partial charge in [-0.2, -0.15) is 0 Å². The molecule has 2 aliphatic carbocycles. The quantitative estimate of drug-likeness (QED) is 0.464. The Morgan fingerprint density at radius 2 is 1.94 bits per heavy atom. The van der Waals surface area contributed by atoms with Crippen molar-refractivity contribution < 1.29 is 9.53 Å². The Kier molecular flexibility index (Phi) is 6.37. The van der Waals surface area contributed by atoms with Gasteiger partial charge in [0.2, 0.25) is 5.91 Å². The number of carbonyl (C=O) groups is 1. The Morgan fingerprint density at radius 3 is 2.78 bits per heavy atom. The molecule has 6 nitrogen and oxygen atoms in total. The number of ether oxygens (including phenoxy) is 1. The highest BCUT2D eigenvalue weighted by molar-refractivity contribution is 7.99. The SMILES string of the molecule is O=C(CSc1nnc(COc2ccccc2Cl)n1C1CC1)N[C@H]1CCCc2ccccc21. The number of rotatable bonds is 8. The number of carbonyl (C=O) groups excluding carboxylic acids is 1. The first-order valence-electron chi connectivity index (χ1n) is 11.0. The lowest BCUT2D eigenvalue weighted by molar-refractivity contribution is -0.119. The highest BCUT2D eigenvalue weighted by atomic mass is 35.5. The number of hydrogen-bond acceptors (Lipinski definition) is 5. The van der Waals surface area contributed by atoms with Gasteiger partial charge in [-0.1, -0.05) is 59.8 Å². The first-order chi connectivity index (χ1) is 15.7. The second kappa shape index (κ2) is 9.55. The van der Waals surface area contributed by atoms with E-state index in [1.165, 1.54) is 22.9 Å². The van der Waals surface area contributed by atoms with Gasteiger partial charge in [-0.15, -0.1) is 10.2 Å². The van der Waals surface area contributed by atoms with Crippen LogP contribution in [0.5, 0.6) is 5.75 Å². The first kappa shape index (κ1) is 21.3. The molecule has 5 rings (SSSR count). The molecule has 1 amide bonds. The van der Waals surface area contributed by atoms with E-state index in [0.29, 0.717) is 29.2 Å². The minimum absolute atomic E-state index is 0.0240. The van der Waals surface area contributed by atoms with Crippen LogP contribution in [0, 0.1) is 0 Å². The maximum absolute atomic E-state index is 12.7. The summed E-state index contributed by atoms with van der Waals surface area (Å²) < 4.78 is 7.99. The molecule has 0 bridgehead atoms. The van der Waals surface area contributed by atoms with Crippen LogP contribution in [-0.4, -0.2) is 26.4 Å². The summed E-state index contributed by atoms with van der Waals surface area (Å²) >= 11 is 7.62. The molecule has 2 aromatic carbocycles. The van der Waals surface area contributed by atoms with Crippen molar-refractivity contribution in [3.8, 4) is 5.75 Å². The van der Waals surface area contributed by atoms with Gasteiger partial charge in [0.1, 0.15) is 12.4 Å². The Bertz CT molecular complexity index is 1110. The van der Waals surface area contributed by atoms with Crippen molar-refractivity contribution in [2.45, 2.75) is 56.0 Å². The van der Waals surface area contributed by atoms with E-state index in [2.05, 4.69) is 38.3 Å². The summed E-state index contributed by atoms with van der Waals surface area (Å²) in [5, 5.41) is 13.2. The fraction of sp³-hybridized carbons (Fsp3) is 0.375. The average Bonchev–Trinajstić information content (AvgIpc) is 3.57. The van der Waals surface area contributed by atoms with Crippen LogP contribution in [0.15, 0.2) is 53.7 Å². The van der Waals surface area contributed by atoms with E-state index in [4.69, 9.17) is 16.3 Å². The Hall–Kier alpha value is -2.51. The summed E-state index contributed by atoms with van der Waals surface area (Å²) in [5.41, 5.74) is 2.59. The lowest BCUT2D eigenvalue weighted by atomic mass is 9.88. The maximum Gasteiger partial charge on any atom is 0.230 e. The molecule has 1 N–H and O–H groups in total. The summed E-state index contributed by atoms with van der Waals surface area (Å²) in [6, 6.07) is 16.3. The molecule has 0 saturated heterocycles. The predicted octanol–water partition coefficient (Wildman–Crippen LogP) is 5.13. The van der Waals surface area contributed by atoms with Crippen LogP contribution in [0.3, 0.4) is 0 Å². The van der Waals surface area contributed by atoms with Crippen LogP contribution in [0.4, 0.5) is 0 Å². The maximum atomic E-state index is 12.7. The molecule has 1 fully saturated rings. The van der Waals surface area contributed by atoms with Gasteiger partial charge in [0.15, 0.2) is 11.0 Å². The van der Waals surface area contributed by atoms with Crippen LogP contribution in [0.25, 0.3) is 0 Å². The molecule has 0 aliphatic heterocycles. The number of fused-ring (bicyclic) bond motifs is 1. The van der Waals surface area contributed by atoms with E-state index in [9.17, 15) is 4.79 Å². The zero-order chi connectivity index (χ0) is 21.9. The van der Waals surface area contributed by atoms with E-state index < -0.39 is 0 Å². The molecule has 1 saturated carbocycles. The number of hydrogen-bond donors (Lipinski definition) is 1. The van der Waals surface area contributed by atoms with Gasteiger partial charge in [-0.25, -0.2) is 0 Å². The average molecular weight is 469 g/mol. The van der Waals surface area contributed by atoms with Crippen LogP contribution in [0.2, 0.25) is 5.02 Å². The first-order valence-corrected chi connectivity index (χ1v) is 12.4. The molecular formula is C24H25ClN4O2S. The van der Waals surface area contributed by atoms with Crippen molar-refractivity contribution >= 4 is 29.3 Å². The third-order valence-electron chi connectivity index (χ3n) is 5.88. The molecule has 166 valence electrons. The van der Waals surface area contributed by atoms with Crippen molar-refractivity contribution in [3.63, 3.8) is 0 Å². The second-order valence-electron chi connectivity index (χ2n) is 8.22. The van der Waals surface area contributed by atoms with Gasteiger partial charge in [0.25, 0.3) is 0 Å². The topological polar surface area (TPSA) is 69.0 Å². The fourth-order valence-corrected chi connectivity index (χ4v) is 5.20. The molecule has 8 heteroatoms. The number of benzene rings is 2. The number of amides is 1. The summed E-state index contributed by atoms with van der Waals surface area (Å²) in [5.74, 6) is 1.72. The van der Waals surface area contributed by atoms with E-state index in [0.717, 1.165) is 43.1 Å². The van der Waals surface area contributed by atoms with E-state index in [1.54, 1.807) is 6.07 Å². The zero-order valence-electron chi connectivity index (χ0n) is 17.7. The minimum atomic E-state index is 0.0240. The predicted molar refractivity (Wildman–Crippen MR) is 125 cm³/mol. The van der Waals surface area contributed by atoms with Gasteiger partial charge < -0.3 is 10.1 Å². The molecule has 3 aromatic rings. The fourth-order valence-electron chi connectivity index (χ4n) is 4.18. The van der Waals surface area contributed by atoms with Crippen LogP contribution in [0.1, 0.15) is 54.7 Å². The molecule has 1 aromatic heterocycles. The molecule has 1 atom stereocenters. The minimum Gasteiger partial charge on any atom is -0.484 e. The normalized spacial score (nSPS) is 17.6. The number of aryl methyl sites for hydroxylation is 1. The Labute approximate surface area is 196 Å². The molecule has 0 spiro atoms. The van der Waals surface area contributed by atoms with Gasteiger partial charge in [-0.05, 0) is 55.4 Å². The lowest BCUT2D eigenvalue weighted by Crippen LogP contribution is -2.32. The number of para-hydroxylation sites is 1. The van der Waals surface area contributed by atoms with Crippen molar-refractivity contribution in [1.82, 2.24) is 20.1 Å². The highest BCUT2D eigenvalue weighted by Gasteiger charge is 2.30. The standard InChI is InChI=1S/C24H25ClN4O2S/c25-19-9-3-4-11-21(19)31-14-22-27-28-24(29(22)17-12-13-17)32-15-23(30)26-20-10-5-7-16-6-1-2-8-18(16)20/h1-4,6,8-9,11,17,20H,5,7,10,12-15H2,(H,26,30)/t20-/m0/s1. The number of thioether (sulfide) groups is 1. The van der Waals surface area contributed by atoms with Crippen molar-refractivity contribution in [1.29, 1.82) is 0 Å². The molecule has 0 unspecified atom stereocenters. The molecule has 32 heavy (non-hydrogen) atoms. The largest absolute Gasteiger partial charge is 0.484 e. The lowest BCUT2D eigenvalue weighted by Gasteiger charge is -2.26. The molecular weight excluding hydrogens is 444 g/mol. The zero-order valence-corrected chi connectivity index (χ0v) is 19.2. The summed E-state index contributed by atoms with van der Waals surface area (Å²) in [7, 11) is 0. The summed E-state index contributed by atoms with van der Waals surface area (Å²) in [6.07, 6.45) is 5.35. The van der Waals surface area contributed by atoms with Crippen LogP contribution < -0.4 is 10.1 Å². The third kappa shape index (κ3) is 4.79. The summed E-state index contributed by atoms with van der Waals surface area (Å²) in [6.45, 7) is 0.291. The van der Waals surface area contributed by atoms with E-state index >= 15 is 0 Å². The molecule has 0 radical (unpaired) electrons. The molecule has 1 heterocycles. The number of aromatic nitrogens is 3. The van der Waals surface area contributed by atoms with Gasteiger partial charge in [0, 0.05) is 6.04 Å². The monoisotopic (exact) mass is 468 g/mol. The Balaban J connectivity index is 1.21. The van der Waals surface area contributed by atoms with E-state index in [1.807, 2.05) is 24.3 Å². The number of nitrogens with one attached hydrogen (secondary N) is 1. The van der Waals surface area contributed by atoms with E-state index in [-0.39, 0.29) is 11.9 Å². The number of nitrogens with zero attached hydrogens (tertiary/aromatic N) is 3. The highest BCUT2D eigenvalue weighted by Crippen LogP contribution is 2.39. The van der Waals surface area contributed by atoms with Crippen molar-refractivity contribution in [3.05, 3.63) is 70.5 Å². The third-order valence-corrected chi connectivity index (χ3v) is 7.13. The van der Waals surface area contributed by atoms with Gasteiger partial charge in [0.05, 0.1) is 16.8 Å². The van der Waals surface area contributed by atoms with Gasteiger partial charge in [-0.3, -0.25) is 9.36 Å². The van der Waals surface area contributed by atoms with Gasteiger partial charge >= 0.3 is 0 Å². The second-order valence-corrected chi connectivity index (χ2v) is 9.57. The smallest absolute Gasteiger partial charge is 0.230 e. The van der Waals surface area contributed by atoms with Crippen LogP contribution in [-0.2, 0) is 17.8 Å². The van der Waals surface area contributed by atoms with Crippen molar-refractivity contribution in [2.24, 2.45) is 0 Å². The summed E-state index contributed by atoms with van der Waals surface area (Å²) in [4.78, 5) is 12.7. The van der Waals surface area contributed by atoms with Crippen molar-refractivity contribution in [2.75, 3.05) is 5.75 Å².